The summed E-state index contributed by atoms with van der Waals surface area (Å²) in [6.45, 7) is 1.99. The van der Waals surface area contributed by atoms with Gasteiger partial charge in [0.1, 0.15) is 11.0 Å². The van der Waals surface area contributed by atoms with Gasteiger partial charge < -0.3 is 10.3 Å². The fraction of sp³-hybridized carbons (Fsp3) is 0.0800. The molecule has 1 amide bonds. The third-order valence-electron chi connectivity index (χ3n) is 5.23. The SMILES string of the molecule is Cc1ccc(NC(=O)CSc2nc3c([nH]c4ccccc43)c(=O)n2-c2cccc(Cl)c2)cc1. The number of carbonyl (C=O) groups excluding carboxylic acids is 1. The molecular formula is C25H19ClN4O2S. The van der Waals surface area contributed by atoms with Crippen LogP contribution in [0.15, 0.2) is 82.7 Å². The maximum atomic E-state index is 13.5. The molecule has 164 valence electrons. The van der Waals surface area contributed by atoms with E-state index in [1.54, 1.807) is 24.3 Å². The second-order valence-electron chi connectivity index (χ2n) is 7.61. The van der Waals surface area contributed by atoms with Crippen LogP contribution in [0.4, 0.5) is 5.69 Å². The summed E-state index contributed by atoms with van der Waals surface area (Å²) >= 11 is 7.40. The summed E-state index contributed by atoms with van der Waals surface area (Å²) in [5, 5.41) is 4.66. The van der Waals surface area contributed by atoms with Gasteiger partial charge in [-0.2, -0.15) is 0 Å². The predicted molar refractivity (Wildman–Crippen MR) is 135 cm³/mol. The van der Waals surface area contributed by atoms with Crippen molar-refractivity contribution in [3.05, 3.63) is 93.7 Å². The molecule has 8 heteroatoms. The molecule has 0 saturated heterocycles. The van der Waals surface area contributed by atoms with E-state index in [-0.39, 0.29) is 17.2 Å². The third kappa shape index (κ3) is 4.25. The van der Waals surface area contributed by atoms with E-state index in [9.17, 15) is 9.59 Å². The van der Waals surface area contributed by atoms with Gasteiger partial charge in [0, 0.05) is 21.6 Å². The van der Waals surface area contributed by atoms with E-state index in [2.05, 4.69) is 10.3 Å². The first-order valence-corrected chi connectivity index (χ1v) is 11.6. The van der Waals surface area contributed by atoms with Crippen molar-refractivity contribution in [1.82, 2.24) is 14.5 Å². The van der Waals surface area contributed by atoms with E-state index < -0.39 is 0 Å². The molecule has 0 unspecified atom stereocenters. The normalized spacial score (nSPS) is 11.2. The fourth-order valence-corrected chi connectivity index (χ4v) is 4.64. The molecule has 0 atom stereocenters. The van der Waals surface area contributed by atoms with Crippen molar-refractivity contribution in [2.75, 3.05) is 11.1 Å². The molecule has 0 spiro atoms. The minimum absolute atomic E-state index is 0.0920. The van der Waals surface area contributed by atoms with Crippen molar-refractivity contribution >= 4 is 56.9 Å². The summed E-state index contributed by atoms with van der Waals surface area (Å²) in [6.07, 6.45) is 0. The van der Waals surface area contributed by atoms with Gasteiger partial charge in [-0.15, -0.1) is 0 Å². The van der Waals surface area contributed by atoms with Gasteiger partial charge in [0.05, 0.1) is 11.4 Å². The number of amides is 1. The second-order valence-corrected chi connectivity index (χ2v) is 8.99. The number of aromatic amines is 1. The number of nitrogens with one attached hydrogen (secondary N) is 2. The maximum Gasteiger partial charge on any atom is 0.283 e. The number of benzene rings is 3. The lowest BCUT2D eigenvalue weighted by atomic mass is 10.2. The zero-order valence-corrected chi connectivity index (χ0v) is 19.2. The van der Waals surface area contributed by atoms with Gasteiger partial charge in [-0.25, -0.2) is 4.98 Å². The zero-order valence-electron chi connectivity index (χ0n) is 17.6. The van der Waals surface area contributed by atoms with Crippen molar-refractivity contribution in [2.45, 2.75) is 12.1 Å². The van der Waals surface area contributed by atoms with E-state index >= 15 is 0 Å². The van der Waals surface area contributed by atoms with Gasteiger partial charge in [-0.3, -0.25) is 14.2 Å². The first kappa shape index (κ1) is 21.3. The van der Waals surface area contributed by atoms with Crippen molar-refractivity contribution in [2.24, 2.45) is 0 Å². The van der Waals surface area contributed by atoms with Gasteiger partial charge in [-0.1, -0.05) is 65.3 Å². The Morgan fingerprint density at radius 1 is 1.09 bits per heavy atom. The molecule has 0 radical (unpaired) electrons. The highest BCUT2D eigenvalue weighted by molar-refractivity contribution is 7.99. The fourth-order valence-electron chi connectivity index (χ4n) is 3.65. The summed E-state index contributed by atoms with van der Waals surface area (Å²) in [4.78, 5) is 34.1. The molecule has 0 aliphatic carbocycles. The molecular weight excluding hydrogens is 456 g/mol. The number of nitrogens with zero attached hydrogens (tertiary/aromatic N) is 2. The number of para-hydroxylation sites is 1. The molecule has 3 aromatic carbocycles. The first-order valence-electron chi connectivity index (χ1n) is 10.3. The van der Waals surface area contributed by atoms with E-state index in [4.69, 9.17) is 16.6 Å². The summed E-state index contributed by atoms with van der Waals surface area (Å²) < 4.78 is 1.49. The van der Waals surface area contributed by atoms with Gasteiger partial charge in [-0.05, 0) is 43.3 Å². The second kappa shape index (κ2) is 8.77. The summed E-state index contributed by atoms with van der Waals surface area (Å²) in [5.74, 6) is -0.0934. The summed E-state index contributed by atoms with van der Waals surface area (Å²) in [7, 11) is 0. The maximum absolute atomic E-state index is 13.5. The Bertz CT molecular complexity index is 1560. The highest BCUT2D eigenvalue weighted by atomic mass is 35.5. The lowest BCUT2D eigenvalue weighted by Crippen LogP contribution is -2.23. The van der Waals surface area contributed by atoms with Crippen LogP contribution < -0.4 is 10.9 Å². The molecule has 2 N–H and O–H groups in total. The van der Waals surface area contributed by atoms with Gasteiger partial charge >= 0.3 is 0 Å². The standard InChI is InChI=1S/C25H19ClN4O2S/c1-15-9-11-17(12-10-15)27-21(31)14-33-25-29-22-19-7-2-3-8-20(19)28-23(22)24(32)30(25)18-6-4-5-16(26)13-18/h2-13,28H,14H2,1H3,(H,27,31). The summed E-state index contributed by atoms with van der Waals surface area (Å²) in [6, 6.07) is 22.2. The number of aromatic nitrogens is 3. The smallest absolute Gasteiger partial charge is 0.283 e. The Hall–Kier alpha value is -3.55. The first-order chi connectivity index (χ1) is 16.0. The molecule has 33 heavy (non-hydrogen) atoms. The largest absolute Gasteiger partial charge is 0.349 e. The average Bonchev–Trinajstić information content (AvgIpc) is 3.18. The van der Waals surface area contributed by atoms with Crippen molar-refractivity contribution in [3.63, 3.8) is 0 Å². The number of hydrogen-bond donors (Lipinski definition) is 2. The Labute approximate surface area is 198 Å². The molecule has 0 fully saturated rings. The number of thioether (sulfide) groups is 1. The Balaban J connectivity index is 1.56. The Morgan fingerprint density at radius 2 is 1.88 bits per heavy atom. The van der Waals surface area contributed by atoms with E-state index in [1.807, 2.05) is 55.5 Å². The summed E-state index contributed by atoms with van der Waals surface area (Å²) in [5.41, 5.74) is 3.98. The molecule has 5 aromatic rings. The van der Waals surface area contributed by atoms with E-state index in [0.717, 1.165) is 22.2 Å². The van der Waals surface area contributed by atoms with Gasteiger partial charge in [0.15, 0.2) is 5.16 Å². The van der Waals surface area contributed by atoms with Crippen LogP contribution in [0, 0.1) is 6.92 Å². The van der Waals surface area contributed by atoms with Crippen molar-refractivity contribution < 1.29 is 4.79 Å². The number of H-pyrrole nitrogens is 1. The topological polar surface area (TPSA) is 79.8 Å². The molecule has 2 heterocycles. The Kier molecular flexibility index (Phi) is 5.66. The van der Waals surface area contributed by atoms with Crippen molar-refractivity contribution in [1.29, 1.82) is 0 Å². The van der Waals surface area contributed by atoms with Gasteiger partial charge in [0.25, 0.3) is 5.56 Å². The molecule has 2 aromatic heterocycles. The van der Waals surface area contributed by atoms with Crippen LogP contribution >= 0.6 is 23.4 Å². The number of fused-ring (bicyclic) bond motifs is 3. The van der Waals surface area contributed by atoms with E-state index in [0.29, 0.717) is 26.9 Å². The van der Waals surface area contributed by atoms with Crippen LogP contribution in [0.25, 0.3) is 27.6 Å². The van der Waals surface area contributed by atoms with E-state index in [1.165, 1.54) is 16.3 Å². The van der Waals surface area contributed by atoms with Crippen LogP contribution in [0.3, 0.4) is 0 Å². The zero-order chi connectivity index (χ0) is 22.9. The molecule has 6 nitrogen and oxygen atoms in total. The quantitative estimate of drug-likeness (QED) is 0.258. The average molecular weight is 475 g/mol. The lowest BCUT2D eigenvalue weighted by molar-refractivity contribution is -0.113. The third-order valence-corrected chi connectivity index (χ3v) is 6.40. The highest BCUT2D eigenvalue weighted by Gasteiger charge is 2.18. The number of halogens is 1. The number of aryl methyl sites for hydroxylation is 1. The number of rotatable bonds is 5. The highest BCUT2D eigenvalue weighted by Crippen LogP contribution is 2.27. The molecule has 0 aliphatic heterocycles. The lowest BCUT2D eigenvalue weighted by Gasteiger charge is -2.12. The van der Waals surface area contributed by atoms with Crippen LogP contribution in [0.5, 0.6) is 0 Å². The minimum Gasteiger partial charge on any atom is -0.349 e. The van der Waals surface area contributed by atoms with Crippen LogP contribution in [-0.4, -0.2) is 26.2 Å². The van der Waals surface area contributed by atoms with Crippen molar-refractivity contribution in [3.8, 4) is 5.69 Å². The molecule has 0 bridgehead atoms. The van der Waals surface area contributed by atoms with Crippen LogP contribution in [0.1, 0.15) is 5.56 Å². The van der Waals surface area contributed by atoms with Crippen LogP contribution in [-0.2, 0) is 4.79 Å². The molecule has 0 aliphatic rings. The number of hydrogen-bond acceptors (Lipinski definition) is 4. The number of anilines is 1. The molecule has 5 rings (SSSR count). The molecule has 0 saturated carbocycles. The predicted octanol–water partition coefficient (Wildman–Crippen LogP) is 5.56. The minimum atomic E-state index is -0.250. The van der Waals surface area contributed by atoms with Gasteiger partial charge in [0.2, 0.25) is 5.91 Å². The van der Waals surface area contributed by atoms with Crippen LogP contribution in [0.2, 0.25) is 5.02 Å². The number of carbonyl (C=O) groups is 1. The Morgan fingerprint density at radius 3 is 2.67 bits per heavy atom. The monoisotopic (exact) mass is 474 g/mol.